The highest BCUT2D eigenvalue weighted by Gasteiger charge is 2.36. The smallest absolute Gasteiger partial charge is 0.369 e. The van der Waals surface area contributed by atoms with Gasteiger partial charge in [-0.3, -0.25) is 4.79 Å². The quantitative estimate of drug-likeness (QED) is 0.553. The number of amides is 1. The van der Waals surface area contributed by atoms with Crippen LogP contribution in [-0.4, -0.2) is 54.0 Å². The minimum Gasteiger partial charge on any atom is -0.369 e. The number of alkyl halides is 3. The Morgan fingerprint density at radius 2 is 2.09 bits per heavy atom. The molecule has 0 spiro atoms. The van der Waals surface area contributed by atoms with Crippen molar-refractivity contribution in [2.45, 2.75) is 37.9 Å². The van der Waals surface area contributed by atoms with Gasteiger partial charge in [0.05, 0.1) is 24.1 Å². The largest absolute Gasteiger partial charge is 0.421 e. The molecule has 1 unspecified atom stereocenters. The summed E-state index contributed by atoms with van der Waals surface area (Å²) in [6.45, 7) is 0.518. The summed E-state index contributed by atoms with van der Waals surface area (Å²) in [4.78, 5) is 19.5. The van der Waals surface area contributed by atoms with Crippen molar-refractivity contribution >= 4 is 39.1 Å². The Kier molecular flexibility index (Phi) is 6.18. The second kappa shape index (κ2) is 8.78. The van der Waals surface area contributed by atoms with Gasteiger partial charge >= 0.3 is 6.18 Å². The fourth-order valence-electron chi connectivity index (χ4n) is 4.15. The lowest BCUT2D eigenvalue weighted by Crippen LogP contribution is -2.35. The first-order valence-corrected chi connectivity index (χ1v) is 12.2. The van der Waals surface area contributed by atoms with Crippen LogP contribution in [0.25, 0.3) is 0 Å². The molecule has 1 aromatic heterocycles. The van der Waals surface area contributed by atoms with Crippen LogP contribution in [0.3, 0.4) is 0 Å². The highest BCUT2D eigenvalue weighted by Crippen LogP contribution is 2.36. The maximum absolute atomic E-state index is 13.5. The molecule has 1 amide bonds. The average Bonchev–Trinajstić information content (AvgIpc) is 3.33. The van der Waals surface area contributed by atoms with Crippen molar-refractivity contribution in [2.75, 3.05) is 35.3 Å². The minimum absolute atomic E-state index is 0.0707. The van der Waals surface area contributed by atoms with E-state index in [1.54, 1.807) is 18.2 Å². The van der Waals surface area contributed by atoms with E-state index >= 15 is 0 Å². The van der Waals surface area contributed by atoms with Crippen LogP contribution in [0.2, 0.25) is 0 Å². The number of para-hydroxylation sites is 1. The Morgan fingerprint density at radius 1 is 1.30 bits per heavy atom. The zero-order valence-corrected chi connectivity index (χ0v) is 18.6. The number of aromatic nitrogens is 2. The van der Waals surface area contributed by atoms with Crippen LogP contribution in [0, 0.1) is 0 Å². The second-order valence-electron chi connectivity index (χ2n) is 8.03. The van der Waals surface area contributed by atoms with Crippen LogP contribution in [0.1, 0.15) is 30.4 Å². The molecular weight excluding hydrogens is 461 g/mol. The minimum atomic E-state index is -4.67. The molecule has 1 saturated heterocycles. The van der Waals surface area contributed by atoms with Crippen molar-refractivity contribution in [3.05, 3.63) is 35.5 Å². The van der Waals surface area contributed by atoms with Crippen LogP contribution in [0.4, 0.5) is 36.3 Å². The average molecular weight is 485 g/mol. The molecule has 9 nitrogen and oxygen atoms in total. The van der Waals surface area contributed by atoms with E-state index in [1.807, 2.05) is 0 Å². The lowest BCUT2D eigenvalue weighted by molar-refractivity contribution is -0.137. The number of carbonyl (C=O) groups is 1. The fraction of sp³-hybridized carbons (Fsp3) is 0.450. The van der Waals surface area contributed by atoms with Gasteiger partial charge in [-0.25, -0.2) is 13.4 Å². The summed E-state index contributed by atoms with van der Waals surface area (Å²) in [7, 11) is -3.37. The number of hydrogen-bond acceptors (Lipinski definition) is 7. The van der Waals surface area contributed by atoms with Gasteiger partial charge in [-0.2, -0.15) is 22.5 Å². The summed E-state index contributed by atoms with van der Waals surface area (Å²) in [6.07, 6.45) is -0.918. The predicted octanol–water partition coefficient (Wildman–Crippen LogP) is 2.96. The van der Waals surface area contributed by atoms with Crippen molar-refractivity contribution < 1.29 is 26.4 Å². The van der Waals surface area contributed by atoms with Crippen LogP contribution >= 0.6 is 0 Å². The molecule has 33 heavy (non-hydrogen) atoms. The molecule has 13 heteroatoms. The predicted molar refractivity (Wildman–Crippen MR) is 117 cm³/mol. The van der Waals surface area contributed by atoms with Gasteiger partial charge in [0.1, 0.15) is 11.4 Å². The van der Waals surface area contributed by atoms with Crippen LogP contribution in [0.15, 0.2) is 24.4 Å². The normalized spacial score (nSPS) is 18.8. The summed E-state index contributed by atoms with van der Waals surface area (Å²) < 4.78 is 65.7. The maximum Gasteiger partial charge on any atom is 0.421 e. The highest BCUT2D eigenvalue weighted by molar-refractivity contribution is 7.88. The summed E-state index contributed by atoms with van der Waals surface area (Å²) >= 11 is 0. The fourth-order valence-corrected chi connectivity index (χ4v) is 5.37. The van der Waals surface area contributed by atoms with Gasteiger partial charge in [0.25, 0.3) is 0 Å². The Hall–Kier alpha value is -2.93. The number of carbonyl (C=O) groups excluding carboxylic acids is 1. The number of halogens is 3. The van der Waals surface area contributed by atoms with E-state index in [2.05, 4.69) is 25.9 Å². The highest BCUT2D eigenvalue weighted by atomic mass is 32.2. The van der Waals surface area contributed by atoms with Crippen molar-refractivity contribution in [3.63, 3.8) is 0 Å². The van der Waals surface area contributed by atoms with Crippen molar-refractivity contribution in [1.29, 1.82) is 0 Å². The topological polar surface area (TPSA) is 116 Å². The zero-order valence-electron chi connectivity index (χ0n) is 17.7. The lowest BCUT2D eigenvalue weighted by atomic mass is 10.1. The van der Waals surface area contributed by atoms with Crippen molar-refractivity contribution in [2.24, 2.45) is 0 Å². The maximum atomic E-state index is 13.5. The van der Waals surface area contributed by atoms with Crippen LogP contribution in [0.5, 0.6) is 0 Å². The van der Waals surface area contributed by atoms with Crippen molar-refractivity contribution in [1.82, 2.24) is 14.3 Å². The third-order valence-electron chi connectivity index (χ3n) is 5.63. The molecule has 1 aromatic carbocycles. The van der Waals surface area contributed by atoms with Gasteiger partial charge in [0.2, 0.25) is 21.9 Å². The molecule has 0 saturated carbocycles. The molecule has 2 aromatic rings. The summed E-state index contributed by atoms with van der Waals surface area (Å²) in [6, 6.07) is 4.90. The number of sulfonamides is 1. The van der Waals surface area contributed by atoms with Crippen LogP contribution < -0.4 is 16.0 Å². The third kappa shape index (κ3) is 5.19. The van der Waals surface area contributed by atoms with E-state index in [1.165, 1.54) is 4.31 Å². The van der Waals surface area contributed by atoms with Gasteiger partial charge in [0.15, 0.2) is 0 Å². The summed E-state index contributed by atoms with van der Waals surface area (Å²) in [5.74, 6) is -0.649. The summed E-state index contributed by atoms with van der Waals surface area (Å²) in [5, 5.41) is 8.28. The Bertz CT molecular complexity index is 1170. The molecule has 1 fully saturated rings. The molecule has 178 valence electrons. The number of hydrogen-bond donors (Lipinski definition) is 3. The Morgan fingerprint density at radius 3 is 2.82 bits per heavy atom. The molecule has 2 aliphatic rings. The van der Waals surface area contributed by atoms with E-state index in [9.17, 15) is 26.4 Å². The van der Waals surface area contributed by atoms with Crippen molar-refractivity contribution in [3.8, 4) is 0 Å². The van der Waals surface area contributed by atoms with Gasteiger partial charge in [-0.1, -0.05) is 12.1 Å². The second-order valence-corrected chi connectivity index (χ2v) is 9.96. The first kappa shape index (κ1) is 23.2. The van der Waals surface area contributed by atoms with Gasteiger partial charge in [-0.05, 0) is 30.9 Å². The molecule has 0 aliphatic carbocycles. The zero-order chi connectivity index (χ0) is 23.8. The summed E-state index contributed by atoms with van der Waals surface area (Å²) in [5.41, 5.74) is 0.759. The first-order chi connectivity index (χ1) is 15.5. The van der Waals surface area contributed by atoms with E-state index in [0.29, 0.717) is 43.4 Å². The molecule has 4 rings (SSSR count). The number of anilines is 4. The number of nitrogens with zero attached hydrogens (tertiary/aromatic N) is 3. The SMILES string of the molecule is CS(=O)(=O)N1CCCC1CCNc1nc(Nc2cccc3c2NC(=O)C3)ncc1C(F)(F)F. The number of rotatable bonds is 7. The molecule has 1 atom stereocenters. The third-order valence-corrected chi connectivity index (χ3v) is 6.96. The molecule has 2 aliphatic heterocycles. The lowest BCUT2D eigenvalue weighted by Gasteiger charge is -2.22. The Labute approximate surface area is 188 Å². The van der Waals surface area contributed by atoms with E-state index in [0.717, 1.165) is 11.8 Å². The standard InChI is InChI=1S/C20H23F3N6O3S/c1-33(31,32)29-9-3-5-13(29)7-8-24-18-14(20(21,22)23)11-25-19(28-18)26-15-6-2-4-12-10-16(30)27-17(12)15/h2,4,6,11,13H,3,5,7-10H2,1H3,(H,27,30)(H2,24,25,26,28). The van der Waals surface area contributed by atoms with Crippen LogP contribution in [-0.2, 0) is 27.4 Å². The first-order valence-electron chi connectivity index (χ1n) is 10.4. The molecule has 3 heterocycles. The van der Waals surface area contributed by atoms with E-state index in [4.69, 9.17) is 0 Å². The van der Waals surface area contributed by atoms with Gasteiger partial charge in [-0.15, -0.1) is 0 Å². The monoisotopic (exact) mass is 484 g/mol. The number of nitrogens with one attached hydrogen (secondary N) is 3. The molecule has 0 radical (unpaired) electrons. The number of fused-ring (bicyclic) bond motifs is 1. The number of benzene rings is 1. The molecular formula is C20H23F3N6O3S. The Balaban J connectivity index is 1.52. The molecule has 3 N–H and O–H groups in total. The van der Waals surface area contributed by atoms with Gasteiger partial charge in [0, 0.05) is 25.3 Å². The van der Waals surface area contributed by atoms with E-state index in [-0.39, 0.29) is 30.9 Å². The van der Waals surface area contributed by atoms with E-state index < -0.39 is 27.6 Å². The van der Waals surface area contributed by atoms with Gasteiger partial charge < -0.3 is 16.0 Å². The molecule has 0 bridgehead atoms.